The van der Waals surface area contributed by atoms with E-state index >= 15 is 0 Å². The van der Waals surface area contributed by atoms with Crippen molar-refractivity contribution in [1.29, 1.82) is 0 Å². The Morgan fingerprint density at radius 2 is 1.95 bits per heavy atom. The average molecular weight is 334 g/mol. The van der Waals surface area contributed by atoms with E-state index in [1.54, 1.807) is 12.1 Å². The van der Waals surface area contributed by atoms with Crippen molar-refractivity contribution in [2.24, 2.45) is 0 Å². The van der Waals surface area contributed by atoms with Gasteiger partial charge >= 0.3 is 0 Å². The maximum absolute atomic E-state index is 12.3. The van der Waals surface area contributed by atoms with Crippen molar-refractivity contribution >= 4 is 33.2 Å². The van der Waals surface area contributed by atoms with Crippen molar-refractivity contribution in [3.05, 3.63) is 51.3 Å². The second kappa shape index (κ2) is 5.63. The molecule has 0 aliphatic carbocycles. The summed E-state index contributed by atoms with van der Waals surface area (Å²) in [5, 5.41) is 2.86. The number of aryl methyl sites for hydroxylation is 3. The van der Waals surface area contributed by atoms with Crippen LogP contribution in [0.1, 0.15) is 27.3 Å². The predicted octanol–water partition coefficient (Wildman–Crippen LogP) is 3.60. The van der Waals surface area contributed by atoms with Crippen LogP contribution in [0.2, 0.25) is 0 Å². The van der Waals surface area contributed by atoms with E-state index in [1.165, 1.54) is 0 Å². The molecule has 1 aromatic heterocycles. The van der Waals surface area contributed by atoms with Crippen LogP contribution in [-0.4, -0.2) is 10.9 Å². The third kappa shape index (κ3) is 2.99. The molecule has 2 rings (SSSR count). The third-order valence-corrected chi connectivity index (χ3v) is 3.50. The van der Waals surface area contributed by atoms with E-state index in [9.17, 15) is 4.79 Å². The van der Waals surface area contributed by atoms with E-state index in [4.69, 9.17) is 5.73 Å². The van der Waals surface area contributed by atoms with Crippen LogP contribution in [0.15, 0.2) is 28.7 Å². The number of anilines is 2. The van der Waals surface area contributed by atoms with E-state index in [2.05, 4.69) is 26.2 Å². The van der Waals surface area contributed by atoms with E-state index in [-0.39, 0.29) is 5.91 Å². The molecule has 4 nitrogen and oxygen atoms in total. The largest absolute Gasteiger partial charge is 0.397 e. The van der Waals surface area contributed by atoms with Gasteiger partial charge in [0, 0.05) is 10.2 Å². The number of benzene rings is 1. The second-order valence-electron chi connectivity index (χ2n) is 4.73. The normalized spacial score (nSPS) is 10.4. The lowest BCUT2D eigenvalue weighted by Gasteiger charge is -2.13. The Bertz CT molecular complexity index is 660. The number of nitrogens with one attached hydrogen (secondary N) is 1. The SMILES string of the molecule is Cc1ccc(C(=O)Nc2c(C)cc(Br)cc2N)c(C)n1. The van der Waals surface area contributed by atoms with Crippen molar-refractivity contribution < 1.29 is 4.79 Å². The van der Waals surface area contributed by atoms with Crippen LogP contribution in [0.25, 0.3) is 0 Å². The molecular weight excluding hydrogens is 318 g/mol. The number of nitrogen functional groups attached to an aromatic ring is 1. The van der Waals surface area contributed by atoms with Crippen LogP contribution in [0, 0.1) is 20.8 Å². The highest BCUT2D eigenvalue weighted by atomic mass is 79.9. The number of hydrogen-bond acceptors (Lipinski definition) is 3. The molecule has 0 aliphatic rings. The quantitative estimate of drug-likeness (QED) is 0.825. The highest BCUT2D eigenvalue weighted by Gasteiger charge is 2.13. The minimum Gasteiger partial charge on any atom is -0.397 e. The van der Waals surface area contributed by atoms with Gasteiger partial charge in [-0.15, -0.1) is 0 Å². The zero-order valence-electron chi connectivity index (χ0n) is 11.6. The maximum atomic E-state index is 12.3. The third-order valence-electron chi connectivity index (χ3n) is 3.04. The number of hydrogen-bond donors (Lipinski definition) is 2. The lowest BCUT2D eigenvalue weighted by Crippen LogP contribution is -2.16. The molecule has 2 aromatic rings. The summed E-state index contributed by atoms with van der Waals surface area (Å²) in [6.07, 6.45) is 0. The van der Waals surface area contributed by atoms with Gasteiger partial charge in [-0.05, 0) is 50.6 Å². The summed E-state index contributed by atoms with van der Waals surface area (Å²) in [5.41, 5.74) is 10.2. The zero-order valence-corrected chi connectivity index (χ0v) is 13.2. The van der Waals surface area contributed by atoms with Gasteiger partial charge in [0.25, 0.3) is 5.91 Å². The van der Waals surface area contributed by atoms with Gasteiger partial charge in [0.05, 0.1) is 22.6 Å². The van der Waals surface area contributed by atoms with Crippen LogP contribution in [0.5, 0.6) is 0 Å². The Balaban J connectivity index is 2.33. The molecule has 0 fully saturated rings. The Hall–Kier alpha value is -1.88. The molecule has 3 N–H and O–H groups in total. The highest BCUT2D eigenvalue weighted by molar-refractivity contribution is 9.10. The standard InChI is InChI=1S/C15H16BrN3O/c1-8-6-11(16)7-13(17)14(8)19-15(20)12-5-4-9(2)18-10(12)3/h4-7H,17H2,1-3H3,(H,19,20). The molecule has 1 aromatic carbocycles. The monoisotopic (exact) mass is 333 g/mol. The van der Waals surface area contributed by atoms with Gasteiger partial charge in [0.2, 0.25) is 0 Å². The summed E-state index contributed by atoms with van der Waals surface area (Å²) < 4.78 is 0.888. The van der Waals surface area contributed by atoms with E-state index < -0.39 is 0 Å². The number of aromatic nitrogens is 1. The topological polar surface area (TPSA) is 68.0 Å². The van der Waals surface area contributed by atoms with Crippen molar-refractivity contribution in [3.63, 3.8) is 0 Å². The minimum atomic E-state index is -0.202. The van der Waals surface area contributed by atoms with Gasteiger partial charge in [-0.2, -0.15) is 0 Å². The van der Waals surface area contributed by atoms with E-state index in [0.717, 1.165) is 15.7 Å². The predicted molar refractivity (Wildman–Crippen MR) is 85.0 cm³/mol. The fraction of sp³-hybridized carbons (Fsp3) is 0.200. The molecule has 0 radical (unpaired) electrons. The molecule has 5 heteroatoms. The second-order valence-corrected chi connectivity index (χ2v) is 5.64. The Morgan fingerprint density at radius 1 is 1.25 bits per heavy atom. The molecule has 0 saturated heterocycles. The molecule has 0 spiro atoms. The van der Waals surface area contributed by atoms with Crippen molar-refractivity contribution in [2.75, 3.05) is 11.1 Å². The molecule has 104 valence electrons. The van der Waals surface area contributed by atoms with Gasteiger partial charge in [-0.1, -0.05) is 15.9 Å². The number of carbonyl (C=O) groups is 1. The zero-order chi connectivity index (χ0) is 14.9. The number of rotatable bonds is 2. The summed E-state index contributed by atoms with van der Waals surface area (Å²) in [5.74, 6) is -0.202. The van der Waals surface area contributed by atoms with Gasteiger partial charge in [-0.3, -0.25) is 9.78 Å². The fourth-order valence-electron chi connectivity index (χ4n) is 2.05. The molecular formula is C15H16BrN3O. The molecule has 1 heterocycles. The first-order valence-corrected chi connectivity index (χ1v) is 6.99. The van der Waals surface area contributed by atoms with Crippen molar-refractivity contribution in [2.45, 2.75) is 20.8 Å². The van der Waals surface area contributed by atoms with Gasteiger partial charge in [0.15, 0.2) is 0 Å². The average Bonchev–Trinajstić information content (AvgIpc) is 2.33. The molecule has 20 heavy (non-hydrogen) atoms. The Kier molecular flexibility index (Phi) is 4.09. The number of pyridine rings is 1. The maximum Gasteiger partial charge on any atom is 0.257 e. The lowest BCUT2D eigenvalue weighted by atomic mass is 10.1. The molecule has 0 bridgehead atoms. The summed E-state index contributed by atoms with van der Waals surface area (Å²) in [7, 11) is 0. The smallest absolute Gasteiger partial charge is 0.257 e. The first-order valence-electron chi connectivity index (χ1n) is 6.19. The van der Waals surface area contributed by atoms with Gasteiger partial charge < -0.3 is 11.1 Å². The summed E-state index contributed by atoms with van der Waals surface area (Å²) in [6, 6.07) is 7.27. The van der Waals surface area contributed by atoms with E-state index in [0.29, 0.717) is 22.6 Å². The van der Waals surface area contributed by atoms with Gasteiger partial charge in [0.1, 0.15) is 0 Å². The van der Waals surface area contributed by atoms with Crippen LogP contribution in [-0.2, 0) is 0 Å². The number of nitrogens with zero attached hydrogens (tertiary/aromatic N) is 1. The number of carbonyl (C=O) groups excluding carboxylic acids is 1. The molecule has 0 atom stereocenters. The van der Waals surface area contributed by atoms with Crippen LogP contribution < -0.4 is 11.1 Å². The first-order chi connectivity index (χ1) is 9.38. The van der Waals surface area contributed by atoms with Crippen molar-refractivity contribution in [3.8, 4) is 0 Å². The lowest BCUT2D eigenvalue weighted by molar-refractivity contribution is 0.102. The van der Waals surface area contributed by atoms with Crippen LogP contribution in [0.3, 0.4) is 0 Å². The molecule has 0 saturated carbocycles. The molecule has 0 aliphatic heterocycles. The Labute approximate surface area is 126 Å². The number of amides is 1. The first kappa shape index (κ1) is 14.5. The van der Waals surface area contributed by atoms with Crippen molar-refractivity contribution in [1.82, 2.24) is 4.98 Å². The van der Waals surface area contributed by atoms with Crippen LogP contribution in [0.4, 0.5) is 11.4 Å². The number of halogens is 1. The van der Waals surface area contributed by atoms with Gasteiger partial charge in [-0.25, -0.2) is 0 Å². The summed E-state index contributed by atoms with van der Waals surface area (Å²) in [6.45, 7) is 5.61. The summed E-state index contributed by atoms with van der Waals surface area (Å²) in [4.78, 5) is 16.6. The molecule has 0 unspecified atom stereocenters. The minimum absolute atomic E-state index is 0.202. The number of nitrogens with two attached hydrogens (primary N) is 1. The fourth-order valence-corrected chi connectivity index (χ4v) is 2.64. The molecule has 1 amide bonds. The van der Waals surface area contributed by atoms with Crippen LogP contribution >= 0.6 is 15.9 Å². The van der Waals surface area contributed by atoms with E-state index in [1.807, 2.05) is 32.9 Å². The summed E-state index contributed by atoms with van der Waals surface area (Å²) >= 11 is 3.38. The highest BCUT2D eigenvalue weighted by Crippen LogP contribution is 2.28. The Morgan fingerprint density at radius 3 is 2.55 bits per heavy atom.